The standard InChI is InChI=1S/C13H17NO6S/c1-9(18-2)13(15)14-21(16,17)10-4-5-11-12(8-10)20-7-3-6-19-11/h4-5,8-9H,3,6-7H2,1-2H3,(H,14,15)/t9-/m0/s1. The van der Waals surface area contributed by atoms with Crippen LogP contribution in [0.3, 0.4) is 0 Å². The van der Waals surface area contributed by atoms with Gasteiger partial charge in [-0.2, -0.15) is 0 Å². The van der Waals surface area contributed by atoms with E-state index in [0.29, 0.717) is 24.7 Å². The molecule has 116 valence electrons. The van der Waals surface area contributed by atoms with Crippen molar-refractivity contribution >= 4 is 15.9 Å². The van der Waals surface area contributed by atoms with Crippen molar-refractivity contribution in [2.24, 2.45) is 0 Å². The summed E-state index contributed by atoms with van der Waals surface area (Å²) in [4.78, 5) is 11.6. The predicted octanol–water partition coefficient (Wildman–Crippen LogP) is 0.688. The average molecular weight is 315 g/mol. The van der Waals surface area contributed by atoms with Crippen molar-refractivity contribution in [2.75, 3.05) is 20.3 Å². The maximum Gasteiger partial charge on any atom is 0.264 e. The lowest BCUT2D eigenvalue weighted by atomic mass is 10.3. The Morgan fingerprint density at radius 3 is 2.62 bits per heavy atom. The Kier molecular flexibility index (Phi) is 4.69. The lowest BCUT2D eigenvalue weighted by Crippen LogP contribution is -2.38. The van der Waals surface area contributed by atoms with Crippen LogP contribution in [0.2, 0.25) is 0 Å². The van der Waals surface area contributed by atoms with Gasteiger partial charge in [-0.05, 0) is 19.1 Å². The van der Waals surface area contributed by atoms with Crippen LogP contribution in [0.4, 0.5) is 0 Å². The Hall–Kier alpha value is -1.80. The summed E-state index contributed by atoms with van der Waals surface area (Å²) in [6.45, 7) is 2.42. The minimum Gasteiger partial charge on any atom is -0.490 e. The van der Waals surface area contributed by atoms with E-state index in [4.69, 9.17) is 14.2 Å². The van der Waals surface area contributed by atoms with Crippen molar-refractivity contribution in [3.05, 3.63) is 18.2 Å². The third-order valence-corrected chi connectivity index (χ3v) is 4.33. The van der Waals surface area contributed by atoms with Crippen LogP contribution in [-0.2, 0) is 19.6 Å². The topological polar surface area (TPSA) is 90.9 Å². The molecule has 1 amide bonds. The number of carbonyl (C=O) groups excluding carboxylic acids is 1. The molecule has 1 aromatic rings. The Labute approximate surface area is 123 Å². The number of methoxy groups -OCH3 is 1. The molecule has 8 heteroatoms. The van der Waals surface area contributed by atoms with Gasteiger partial charge in [0.25, 0.3) is 15.9 Å². The van der Waals surface area contributed by atoms with Gasteiger partial charge in [-0.25, -0.2) is 13.1 Å². The van der Waals surface area contributed by atoms with Gasteiger partial charge in [0.15, 0.2) is 11.5 Å². The molecule has 0 saturated heterocycles. The second-order valence-corrected chi connectivity index (χ2v) is 6.19. The molecule has 1 heterocycles. The van der Waals surface area contributed by atoms with Gasteiger partial charge in [0, 0.05) is 19.6 Å². The Balaban J connectivity index is 2.24. The summed E-state index contributed by atoms with van der Waals surface area (Å²) in [5.41, 5.74) is 0. The fourth-order valence-electron chi connectivity index (χ4n) is 1.69. The fourth-order valence-corrected chi connectivity index (χ4v) is 2.75. The molecule has 0 radical (unpaired) electrons. The van der Waals surface area contributed by atoms with E-state index < -0.39 is 22.0 Å². The largest absolute Gasteiger partial charge is 0.490 e. The van der Waals surface area contributed by atoms with Crippen LogP contribution in [0.5, 0.6) is 11.5 Å². The number of carbonyl (C=O) groups is 1. The average Bonchev–Trinajstić information content (AvgIpc) is 2.70. The van der Waals surface area contributed by atoms with Crippen LogP contribution in [0, 0.1) is 0 Å². The van der Waals surface area contributed by atoms with Gasteiger partial charge in [0.05, 0.1) is 18.1 Å². The van der Waals surface area contributed by atoms with E-state index in [-0.39, 0.29) is 4.90 Å². The predicted molar refractivity (Wildman–Crippen MR) is 73.8 cm³/mol. The van der Waals surface area contributed by atoms with E-state index in [2.05, 4.69) is 0 Å². The molecule has 2 rings (SSSR count). The van der Waals surface area contributed by atoms with Gasteiger partial charge < -0.3 is 14.2 Å². The van der Waals surface area contributed by atoms with Crippen molar-refractivity contribution < 1.29 is 27.4 Å². The van der Waals surface area contributed by atoms with Crippen LogP contribution < -0.4 is 14.2 Å². The maximum atomic E-state index is 12.2. The fraction of sp³-hybridized carbons (Fsp3) is 0.462. The molecular formula is C13H17NO6S. The number of fused-ring (bicyclic) bond motifs is 1. The van der Waals surface area contributed by atoms with Crippen molar-refractivity contribution in [3.8, 4) is 11.5 Å². The number of benzene rings is 1. The number of hydrogen-bond acceptors (Lipinski definition) is 6. The number of rotatable bonds is 4. The molecular weight excluding hydrogens is 298 g/mol. The lowest BCUT2D eigenvalue weighted by molar-refractivity contribution is -0.128. The Morgan fingerprint density at radius 1 is 1.29 bits per heavy atom. The third kappa shape index (κ3) is 3.64. The summed E-state index contributed by atoms with van der Waals surface area (Å²) in [6.07, 6.45) is -0.140. The molecule has 1 aliphatic heterocycles. The zero-order valence-electron chi connectivity index (χ0n) is 11.8. The van der Waals surface area contributed by atoms with Crippen molar-refractivity contribution in [1.82, 2.24) is 4.72 Å². The van der Waals surface area contributed by atoms with Gasteiger partial charge in [0.2, 0.25) is 0 Å². The van der Waals surface area contributed by atoms with E-state index in [1.165, 1.54) is 32.2 Å². The number of ether oxygens (including phenoxy) is 3. The van der Waals surface area contributed by atoms with E-state index in [1.807, 2.05) is 4.72 Å². The Morgan fingerprint density at radius 2 is 1.95 bits per heavy atom. The molecule has 0 spiro atoms. The van der Waals surface area contributed by atoms with Gasteiger partial charge in [-0.15, -0.1) is 0 Å². The summed E-state index contributed by atoms with van der Waals surface area (Å²) in [5, 5.41) is 0. The normalized spacial score (nSPS) is 15.9. The molecule has 0 saturated carbocycles. The minimum absolute atomic E-state index is 0.0663. The van der Waals surface area contributed by atoms with Crippen LogP contribution >= 0.6 is 0 Å². The summed E-state index contributed by atoms with van der Waals surface area (Å²) in [6, 6.07) is 4.22. The number of sulfonamides is 1. The first-order valence-electron chi connectivity index (χ1n) is 6.43. The summed E-state index contributed by atoms with van der Waals surface area (Å²) in [7, 11) is -2.65. The summed E-state index contributed by atoms with van der Waals surface area (Å²) in [5.74, 6) is 0.107. The highest BCUT2D eigenvalue weighted by Crippen LogP contribution is 2.31. The zero-order chi connectivity index (χ0) is 15.5. The van der Waals surface area contributed by atoms with E-state index in [1.54, 1.807) is 0 Å². The van der Waals surface area contributed by atoms with E-state index in [0.717, 1.165) is 6.42 Å². The molecule has 0 fully saturated rings. The zero-order valence-corrected chi connectivity index (χ0v) is 12.6. The van der Waals surface area contributed by atoms with Crippen molar-refractivity contribution in [1.29, 1.82) is 0 Å². The van der Waals surface area contributed by atoms with E-state index in [9.17, 15) is 13.2 Å². The highest BCUT2D eigenvalue weighted by atomic mass is 32.2. The molecule has 0 unspecified atom stereocenters. The first-order chi connectivity index (χ1) is 9.94. The second-order valence-electron chi connectivity index (χ2n) is 4.51. The molecule has 21 heavy (non-hydrogen) atoms. The first-order valence-corrected chi connectivity index (χ1v) is 7.91. The maximum absolute atomic E-state index is 12.2. The molecule has 0 aromatic heterocycles. The molecule has 1 aromatic carbocycles. The molecule has 0 bridgehead atoms. The van der Waals surface area contributed by atoms with Crippen molar-refractivity contribution in [3.63, 3.8) is 0 Å². The number of nitrogens with one attached hydrogen (secondary N) is 1. The van der Waals surface area contributed by atoms with Gasteiger partial charge in [0.1, 0.15) is 6.10 Å². The van der Waals surface area contributed by atoms with Gasteiger partial charge >= 0.3 is 0 Å². The van der Waals surface area contributed by atoms with Crippen molar-refractivity contribution in [2.45, 2.75) is 24.3 Å². The molecule has 1 N–H and O–H groups in total. The highest BCUT2D eigenvalue weighted by Gasteiger charge is 2.23. The molecule has 0 aliphatic carbocycles. The molecule has 1 atom stereocenters. The highest BCUT2D eigenvalue weighted by molar-refractivity contribution is 7.90. The lowest BCUT2D eigenvalue weighted by Gasteiger charge is -2.13. The van der Waals surface area contributed by atoms with E-state index >= 15 is 0 Å². The van der Waals surface area contributed by atoms with Crippen LogP contribution in [-0.4, -0.2) is 40.8 Å². The third-order valence-electron chi connectivity index (χ3n) is 2.99. The Bertz CT molecular complexity index is 628. The first kappa shape index (κ1) is 15.6. The smallest absolute Gasteiger partial charge is 0.264 e. The number of hydrogen-bond donors (Lipinski definition) is 1. The van der Waals surface area contributed by atoms with Gasteiger partial charge in [-0.1, -0.05) is 0 Å². The SMILES string of the molecule is CO[C@@H](C)C(=O)NS(=O)(=O)c1ccc2c(c1)OCCCO2. The second kappa shape index (κ2) is 6.31. The molecule has 1 aliphatic rings. The van der Waals surface area contributed by atoms with Crippen LogP contribution in [0.15, 0.2) is 23.1 Å². The van der Waals surface area contributed by atoms with Gasteiger partial charge in [-0.3, -0.25) is 4.79 Å². The van der Waals surface area contributed by atoms with Crippen LogP contribution in [0.25, 0.3) is 0 Å². The van der Waals surface area contributed by atoms with Crippen LogP contribution in [0.1, 0.15) is 13.3 Å². The summed E-state index contributed by atoms with van der Waals surface area (Å²) >= 11 is 0. The number of amides is 1. The summed E-state index contributed by atoms with van der Waals surface area (Å²) < 4.78 is 41.9. The quantitative estimate of drug-likeness (QED) is 0.879. The monoisotopic (exact) mass is 315 g/mol. The minimum atomic E-state index is -3.98. The molecule has 7 nitrogen and oxygen atoms in total.